The van der Waals surface area contributed by atoms with Crippen LogP contribution in [0.25, 0.3) is 10.6 Å². The lowest BCUT2D eigenvalue weighted by atomic mass is 9.82. The fraction of sp³-hybridized carbons (Fsp3) is 0.273. The highest BCUT2D eigenvalue weighted by atomic mass is 32.1. The SMILES string of the molecule is O=C(NC1CCC(c2ccccc2)CC1)c1ccc(-c2cccs2)[nH]c1=O. The van der Waals surface area contributed by atoms with Crippen LogP contribution in [0.4, 0.5) is 0 Å². The minimum absolute atomic E-state index is 0.133. The third-order valence-electron chi connectivity index (χ3n) is 5.27. The van der Waals surface area contributed by atoms with Crippen molar-refractivity contribution in [2.75, 3.05) is 0 Å². The summed E-state index contributed by atoms with van der Waals surface area (Å²) in [6, 6.07) is 18.0. The minimum Gasteiger partial charge on any atom is -0.349 e. The Morgan fingerprint density at radius 3 is 2.41 bits per heavy atom. The van der Waals surface area contributed by atoms with Crippen LogP contribution in [-0.2, 0) is 0 Å². The predicted molar refractivity (Wildman–Crippen MR) is 109 cm³/mol. The van der Waals surface area contributed by atoms with Gasteiger partial charge in [0, 0.05) is 6.04 Å². The number of carbonyl (C=O) groups is 1. The first-order valence-corrected chi connectivity index (χ1v) is 10.2. The lowest BCUT2D eigenvalue weighted by Gasteiger charge is -2.29. The average Bonchev–Trinajstić information content (AvgIpc) is 3.24. The zero-order chi connectivity index (χ0) is 18.6. The number of nitrogens with one attached hydrogen (secondary N) is 2. The molecule has 4 rings (SSSR count). The molecule has 1 saturated carbocycles. The highest BCUT2D eigenvalue weighted by Crippen LogP contribution is 2.32. The van der Waals surface area contributed by atoms with Crippen LogP contribution in [-0.4, -0.2) is 16.9 Å². The van der Waals surface area contributed by atoms with E-state index in [1.807, 2.05) is 23.6 Å². The van der Waals surface area contributed by atoms with Gasteiger partial charge in [0.05, 0.1) is 10.6 Å². The Bertz CT molecular complexity index is 955. The Morgan fingerprint density at radius 1 is 0.963 bits per heavy atom. The summed E-state index contributed by atoms with van der Waals surface area (Å²) in [5, 5.41) is 5.00. The van der Waals surface area contributed by atoms with Gasteiger partial charge in [0.15, 0.2) is 0 Å². The van der Waals surface area contributed by atoms with Crippen molar-refractivity contribution >= 4 is 17.2 Å². The Hall–Kier alpha value is -2.66. The molecule has 5 heteroatoms. The number of aromatic nitrogens is 1. The zero-order valence-corrected chi connectivity index (χ0v) is 15.8. The molecule has 2 heterocycles. The van der Waals surface area contributed by atoms with Crippen LogP contribution in [0.1, 0.15) is 47.5 Å². The fourth-order valence-corrected chi connectivity index (χ4v) is 4.49. The number of rotatable bonds is 4. The molecule has 27 heavy (non-hydrogen) atoms. The number of amides is 1. The van der Waals surface area contributed by atoms with E-state index in [0.717, 1.165) is 36.3 Å². The van der Waals surface area contributed by atoms with Gasteiger partial charge in [-0.3, -0.25) is 9.59 Å². The molecule has 1 aromatic carbocycles. The van der Waals surface area contributed by atoms with E-state index >= 15 is 0 Å². The molecule has 0 bridgehead atoms. The van der Waals surface area contributed by atoms with Crippen molar-refractivity contribution in [3.05, 3.63) is 81.5 Å². The van der Waals surface area contributed by atoms with Crippen LogP contribution in [0.15, 0.2) is 64.8 Å². The lowest BCUT2D eigenvalue weighted by Crippen LogP contribution is -2.39. The summed E-state index contributed by atoms with van der Waals surface area (Å²) in [4.78, 5) is 28.7. The van der Waals surface area contributed by atoms with Gasteiger partial charge in [0.25, 0.3) is 11.5 Å². The third kappa shape index (κ3) is 4.03. The molecule has 4 nitrogen and oxygen atoms in total. The Labute approximate surface area is 162 Å². The Morgan fingerprint density at radius 2 is 1.74 bits per heavy atom. The molecule has 2 aromatic heterocycles. The first-order valence-electron chi connectivity index (χ1n) is 9.34. The Kier molecular flexibility index (Phi) is 5.21. The molecule has 1 aliphatic carbocycles. The molecule has 0 spiro atoms. The maximum atomic E-state index is 12.6. The molecule has 3 aromatic rings. The van der Waals surface area contributed by atoms with Crippen molar-refractivity contribution in [1.29, 1.82) is 0 Å². The molecule has 0 atom stereocenters. The van der Waals surface area contributed by atoms with Gasteiger partial charge in [0.1, 0.15) is 5.56 Å². The molecule has 0 saturated heterocycles. The monoisotopic (exact) mass is 378 g/mol. The van der Waals surface area contributed by atoms with Crippen molar-refractivity contribution in [3.63, 3.8) is 0 Å². The van der Waals surface area contributed by atoms with Crippen LogP contribution >= 0.6 is 11.3 Å². The molecular weight excluding hydrogens is 356 g/mol. The smallest absolute Gasteiger partial charge is 0.261 e. The quantitative estimate of drug-likeness (QED) is 0.699. The second-order valence-electron chi connectivity index (χ2n) is 7.02. The summed E-state index contributed by atoms with van der Waals surface area (Å²) in [7, 11) is 0. The van der Waals surface area contributed by atoms with Crippen molar-refractivity contribution < 1.29 is 4.79 Å². The summed E-state index contributed by atoms with van der Waals surface area (Å²) in [5.74, 6) is 0.282. The normalized spacial score (nSPS) is 19.6. The van der Waals surface area contributed by atoms with Gasteiger partial charge < -0.3 is 10.3 Å². The number of hydrogen-bond donors (Lipinski definition) is 2. The summed E-state index contributed by atoms with van der Waals surface area (Å²) >= 11 is 1.56. The van der Waals surface area contributed by atoms with Gasteiger partial charge in [-0.2, -0.15) is 0 Å². The van der Waals surface area contributed by atoms with E-state index in [4.69, 9.17) is 0 Å². The van der Waals surface area contributed by atoms with Crippen LogP contribution in [0.5, 0.6) is 0 Å². The summed E-state index contributed by atoms with van der Waals surface area (Å²) in [6.07, 6.45) is 4.00. The maximum Gasteiger partial charge on any atom is 0.261 e. The molecule has 138 valence electrons. The van der Waals surface area contributed by atoms with Gasteiger partial charge in [-0.05, 0) is 60.7 Å². The lowest BCUT2D eigenvalue weighted by molar-refractivity contribution is 0.0924. The molecule has 1 aliphatic rings. The highest BCUT2D eigenvalue weighted by Gasteiger charge is 2.24. The number of hydrogen-bond acceptors (Lipinski definition) is 3. The predicted octanol–water partition coefficient (Wildman–Crippen LogP) is 4.56. The minimum atomic E-state index is -0.337. The third-order valence-corrected chi connectivity index (χ3v) is 6.18. The number of pyridine rings is 1. The van der Waals surface area contributed by atoms with E-state index in [9.17, 15) is 9.59 Å². The molecule has 2 N–H and O–H groups in total. The van der Waals surface area contributed by atoms with E-state index in [-0.39, 0.29) is 23.1 Å². The van der Waals surface area contributed by atoms with E-state index in [1.54, 1.807) is 23.5 Å². The summed E-state index contributed by atoms with van der Waals surface area (Å²) < 4.78 is 0. The van der Waals surface area contributed by atoms with Crippen LogP contribution in [0.2, 0.25) is 0 Å². The number of carbonyl (C=O) groups excluding carboxylic acids is 1. The van der Waals surface area contributed by atoms with E-state index in [0.29, 0.717) is 5.92 Å². The maximum absolute atomic E-state index is 12.6. The van der Waals surface area contributed by atoms with E-state index in [1.165, 1.54) is 5.56 Å². The van der Waals surface area contributed by atoms with Gasteiger partial charge in [0.2, 0.25) is 0 Å². The number of H-pyrrole nitrogens is 1. The van der Waals surface area contributed by atoms with Crippen LogP contribution in [0, 0.1) is 0 Å². The van der Waals surface area contributed by atoms with Gasteiger partial charge in [-0.15, -0.1) is 11.3 Å². The number of benzene rings is 1. The number of thiophene rings is 1. The molecular formula is C22H22N2O2S. The first-order chi connectivity index (χ1) is 13.2. The van der Waals surface area contributed by atoms with Crippen molar-refractivity contribution in [1.82, 2.24) is 10.3 Å². The van der Waals surface area contributed by atoms with Gasteiger partial charge in [-0.1, -0.05) is 36.4 Å². The van der Waals surface area contributed by atoms with Crippen LogP contribution < -0.4 is 10.9 Å². The largest absolute Gasteiger partial charge is 0.349 e. The van der Waals surface area contributed by atoms with Crippen molar-refractivity contribution in [2.24, 2.45) is 0 Å². The topological polar surface area (TPSA) is 62.0 Å². The van der Waals surface area contributed by atoms with E-state index in [2.05, 4.69) is 34.6 Å². The zero-order valence-electron chi connectivity index (χ0n) is 15.0. The van der Waals surface area contributed by atoms with Gasteiger partial charge in [-0.25, -0.2) is 0 Å². The summed E-state index contributed by atoms with van der Waals surface area (Å²) in [6.45, 7) is 0. The molecule has 1 fully saturated rings. The Balaban J connectivity index is 1.38. The van der Waals surface area contributed by atoms with Crippen molar-refractivity contribution in [3.8, 4) is 10.6 Å². The first kappa shape index (κ1) is 17.7. The second kappa shape index (κ2) is 7.92. The van der Waals surface area contributed by atoms with Crippen LogP contribution in [0.3, 0.4) is 0 Å². The van der Waals surface area contributed by atoms with E-state index < -0.39 is 0 Å². The average molecular weight is 378 g/mol. The molecule has 0 unspecified atom stereocenters. The molecule has 1 amide bonds. The fourth-order valence-electron chi connectivity index (χ4n) is 3.79. The molecule has 0 aliphatic heterocycles. The van der Waals surface area contributed by atoms with Gasteiger partial charge >= 0.3 is 0 Å². The second-order valence-corrected chi connectivity index (χ2v) is 7.97. The highest BCUT2D eigenvalue weighted by molar-refractivity contribution is 7.13. The molecule has 0 radical (unpaired) electrons. The number of aromatic amines is 1. The standard InChI is InChI=1S/C22H22N2O2S/c25-21(18-12-13-19(24-22(18)26)20-7-4-14-27-20)23-17-10-8-16(9-11-17)15-5-2-1-3-6-15/h1-7,12-14,16-17H,8-11H2,(H,23,25)(H,24,26). The summed E-state index contributed by atoms with van der Waals surface area (Å²) in [5.41, 5.74) is 1.97. The van der Waals surface area contributed by atoms with Crippen molar-refractivity contribution in [2.45, 2.75) is 37.6 Å².